The fourth-order valence-electron chi connectivity index (χ4n) is 1.53. The maximum absolute atomic E-state index is 5.99. The molecule has 0 atom stereocenters. The average Bonchev–Trinajstić information content (AvgIpc) is 2.40. The van der Waals surface area contributed by atoms with Crippen molar-refractivity contribution in [3.63, 3.8) is 0 Å². The van der Waals surface area contributed by atoms with Gasteiger partial charge in [0.2, 0.25) is 0 Å². The van der Waals surface area contributed by atoms with E-state index in [2.05, 4.69) is 4.99 Å². The largest absolute Gasteiger partial charge is 0.383 e. The average molecular weight is 242 g/mol. The van der Waals surface area contributed by atoms with Crippen molar-refractivity contribution in [1.82, 2.24) is 0 Å². The maximum atomic E-state index is 5.99. The lowest BCUT2D eigenvalue weighted by Crippen LogP contribution is -2.12. The Morgan fingerprint density at radius 2 is 1.65 bits per heavy atom. The first-order chi connectivity index (χ1) is 8.31. The van der Waals surface area contributed by atoms with Crippen molar-refractivity contribution in [2.24, 2.45) is 10.7 Å². The predicted octanol–water partition coefficient (Wildman–Crippen LogP) is 3.45. The van der Waals surface area contributed by atoms with Crippen LogP contribution in [0.15, 0.2) is 64.5 Å². The predicted molar refractivity (Wildman–Crippen MR) is 75.0 cm³/mol. The standard InChI is InChI=1S/C14H14N2S/c1-17-13-10-6-5-9-12(13)16-14(15)11-7-3-2-4-8-11/h2-10H,1H3,(H2,15,16). The summed E-state index contributed by atoms with van der Waals surface area (Å²) in [4.78, 5) is 5.60. The maximum Gasteiger partial charge on any atom is 0.131 e. The van der Waals surface area contributed by atoms with Crippen LogP contribution in [-0.2, 0) is 0 Å². The minimum Gasteiger partial charge on any atom is -0.383 e. The molecule has 0 saturated heterocycles. The number of rotatable bonds is 3. The number of nitrogens with zero attached hydrogens (tertiary/aromatic N) is 1. The second-order valence-corrected chi connectivity index (χ2v) is 4.38. The zero-order chi connectivity index (χ0) is 12.1. The number of hydrogen-bond acceptors (Lipinski definition) is 2. The van der Waals surface area contributed by atoms with Crippen molar-refractivity contribution in [3.05, 3.63) is 60.2 Å². The number of hydrogen-bond donors (Lipinski definition) is 1. The minimum atomic E-state index is 0.548. The van der Waals surface area contributed by atoms with E-state index in [1.54, 1.807) is 11.8 Å². The zero-order valence-electron chi connectivity index (χ0n) is 9.63. The third-order valence-electron chi connectivity index (χ3n) is 2.40. The molecule has 3 heteroatoms. The van der Waals surface area contributed by atoms with Gasteiger partial charge in [-0.25, -0.2) is 4.99 Å². The van der Waals surface area contributed by atoms with Gasteiger partial charge in [-0.1, -0.05) is 42.5 Å². The van der Waals surface area contributed by atoms with Crippen LogP contribution in [0.25, 0.3) is 0 Å². The highest BCUT2D eigenvalue weighted by atomic mass is 32.2. The summed E-state index contributed by atoms with van der Waals surface area (Å²) >= 11 is 1.67. The Hall–Kier alpha value is -1.74. The molecule has 2 nitrogen and oxygen atoms in total. The Kier molecular flexibility index (Phi) is 3.83. The van der Waals surface area contributed by atoms with E-state index in [1.807, 2.05) is 60.9 Å². The van der Waals surface area contributed by atoms with Gasteiger partial charge in [0.15, 0.2) is 0 Å². The molecule has 2 aromatic rings. The van der Waals surface area contributed by atoms with Gasteiger partial charge in [0, 0.05) is 10.5 Å². The molecule has 0 bridgehead atoms. The highest BCUT2D eigenvalue weighted by Crippen LogP contribution is 2.27. The van der Waals surface area contributed by atoms with E-state index in [-0.39, 0.29) is 0 Å². The molecule has 0 aliphatic carbocycles. The van der Waals surface area contributed by atoms with Crippen molar-refractivity contribution >= 4 is 23.3 Å². The quantitative estimate of drug-likeness (QED) is 0.508. The molecule has 2 rings (SSSR count). The zero-order valence-corrected chi connectivity index (χ0v) is 10.4. The molecule has 0 spiro atoms. The van der Waals surface area contributed by atoms with E-state index >= 15 is 0 Å². The number of aliphatic imine (C=N–C) groups is 1. The summed E-state index contributed by atoms with van der Waals surface area (Å²) in [7, 11) is 0. The molecule has 0 aliphatic heterocycles. The van der Waals surface area contributed by atoms with Gasteiger partial charge in [0.05, 0.1) is 5.69 Å². The van der Waals surface area contributed by atoms with Crippen LogP contribution in [0.1, 0.15) is 5.56 Å². The fourth-order valence-corrected chi connectivity index (χ4v) is 2.06. The molecule has 0 heterocycles. The summed E-state index contributed by atoms with van der Waals surface area (Å²) in [5.41, 5.74) is 7.86. The van der Waals surface area contributed by atoms with Crippen molar-refractivity contribution < 1.29 is 0 Å². The molecule has 0 fully saturated rings. The normalized spacial score (nSPS) is 11.5. The molecule has 17 heavy (non-hydrogen) atoms. The third-order valence-corrected chi connectivity index (χ3v) is 3.18. The van der Waals surface area contributed by atoms with Crippen molar-refractivity contribution in [2.75, 3.05) is 6.26 Å². The topological polar surface area (TPSA) is 38.4 Å². The van der Waals surface area contributed by atoms with E-state index in [0.29, 0.717) is 5.84 Å². The first-order valence-corrected chi connectivity index (χ1v) is 6.56. The smallest absolute Gasteiger partial charge is 0.131 e. The molecule has 2 aromatic carbocycles. The van der Waals surface area contributed by atoms with Crippen molar-refractivity contribution in [3.8, 4) is 0 Å². The van der Waals surface area contributed by atoms with Gasteiger partial charge in [-0.3, -0.25) is 0 Å². The van der Waals surface area contributed by atoms with Gasteiger partial charge in [-0.2, -0.15) is 0 Å². The molecule has 0 amide bonds. The summed E-state index contributed by atoms with van der Waals surface area (Å²) in [5.74, 6) is 0.548. The summed E-state index contributed by atoms with van der Waals surface area (Å²) in [6.07, 6.45) is 2.03. The Morgan fingerprint density at radius 3 is 2.35 bits per heavy atom. The highest BCUT2D eigenvalue weighted by Gasteiger charge is 2.01. The molecule has 0 aromatic heterocycles. The first-order valence-electron chi connectivity index (χ1n) is 5.34. The molecule has 0 unspecified atom stereocenters. The van der Waals surface area contributed by atoms with E-state index in [4.69, 9.17) is 5.73 Å². The number of para-hydroxylation sites is 1. The summed E-state index contributed by atoms with van der Waals surface area (Å²) in [6.45, 7) is 0. The molecule has 0 radical (unpaired) electrons. The molecular formula is C14H14N2S. The third kappa shape index (κ3) is 2.88. The monoisotopic (exact) mass is 242 g/mol. The van der Waals surface area contributed by atoms with Crippen molar-refractivity contribution in [1.29, 1.82) is 0 Å². The molecule has 0 aliphatic rings. The molecular weight excluding hydrogens is 228 g/mol. The van der Waals surface area contributed by atoms with Crippen LogP contribution in [0.2, 0.25) is 0 Å². The SMILES string of the molecule is CSc1ccccc1N=C(N)c1ccccc1. The van der Waals surface area contributed by atoms with Crippen LogP contribution in [0.3, 0.4) is 0 Å². The highest BCUT2D eigenvalue weighted by molar-refractivity contribution is 7.98. The van der Waals surface area contributed by atoms with Crippen LogP contribution < -0.4 is 5.73 Å². The summed E-state index contributed by atoms with van der Waals surface area (Å²) in [6, 6.07) is 17.8. The summed E-state index contributed by atoms with van der Waals surface area (Å²) in [5, 5.41) is 0. The van der Waals surface area contributed by atoms with Crippen LogP contribution in [0.4, 0.5) is 5.69 Å². The van der Waals surface area contributed by atoms with Crippen LogP contribution in [-0.4, -0.2) is 12.1 Å². The minimum absolute atomic E-state index is 0.548. The van der Waals surface area contributed by atoms with Crippen molar-refractivity contribution in [2.45, 2.75) is 4.90 Å². The van der Waals surface area contributed by atoms with Crippen LogP contribution >= 0.6 is 11.8 Å². The van der Waals surface area contributed by atoms with Gasteiger partial charge < -0.3 is 5.73 Å². The second kappa shape index (κ2) is 5.55. The number of amidine groups is 1. The number of thioether (sulfide) groups is 1. The van der Waals surface area contributed by atoms with E-state index in [0.717, 1.165) is 16.1 Å². The lowest BCUT2D eigenvalue weighted by Gasteiger charge is -2.04. The number of benzene rings is 2. The molecule has 2 N–H and O–H groups in total. The van der Waals surface area contributed by atoms with Crippen LogP contribution in [0, 0.1) is 0 Å². The lowest BCUT2D eigenvalue weighted by molar-refractivity contribution is 1.35. The Labute approximate surface area is 106 Å². The fraction of sp³-hybridized carbons (Fsp3) is 0.0714. The molecule has 0 saturated carbocycles. The summed E-state index contributed by atoms with van der Waals surface area (Å²) < 4.78 is 0. The Morgan fingerprint density at radius 1 is 1.00 bits per heavy atom. The molecule has 86 valence electrons. The van der Waals surface area contributed by atoms with Gasteiger partial charge in [0.25, 0.3) is 0 Å². The van der Waals surface area contributed by atoms with Gasteiger partial charge in [-0.15, -0.1) is 11.8 Å². The number of nitrogens with two attached hydrogens (primary N) is 1. The van der Waals surface area contributed by atoms with Gasteiger partial charge in [-0.05, 0) is 18.4 Å². The Bertz CT molecular complexity index is 521. The van der Waals surface area contributed by atoms with E-state index < -0.39 is 0 Å². The second-order valence-electron chi connectivity index (χ2n) is 3.53. The first kappa shape index (κ1) is 11.7. The van der Waals surface area contributed by atoms with Gasteiger partial charge in [0.1, 0.15) is 5.84 Å². The van der Waals surface area contributed by atoms with E-state index in [9.17, 15) is 0 Å². The van der Waals surface area contributed by atoms with Crippen LogP contribution in [0.5, 0.6) is 0 Å². The van der Waals surface area contributed by atoms with Gasteiger partial charge >= 0.3 is 0 Å². The van der Waals surface area contributed by atoms with E-state index in [1.165, 1.54) is 0 Å². The Balaban J connectivity index is 2.36. The lowest BCUT2D eigenvalue weighted by atomic mass is 10.2.